The fourth-order valence-electron chi connectivity index (χ4n) is 4.09. The Morgan fingerprint density at radius 1 is 1.19 bits per heavy atom. The van der Waals surface area contributed by atoms with Crippen molar-refractivity contribution in [3.63, 3.8) is 0 Å². The summed E-state index contributed by atoms with van der Waals surface area (Å²) in [7, 11) is -3.37. The fourth-order valence-corrected chi connectivity index (χ4v) is 5.75. The highest BCUT2D eigenvalue weighted by molar-refractivity contribution is 7.92. The third-order valence-electron chi connectivity index (χ3n) is 6.31. The predicted molar refractivity (Wildman–Crippen MR) is 112 cm³/mol. The zero-order chi connectivity index (χ0) is 23.1. The molecule has 1 aromatic carbocycles. The molecule has 7 nitrogen and oxygen atoms in total. The van der Waals surface area contributed by atoms with Crippen LogP contribution in [0, 0.1) is 11.3 Å². The minimum absolute atomic E-state index is 0.0761. The Kier molecular flexibility index (Phi) is 5.77. The van der Waals surface area contributed by atoms with Crippen molar-refractivity contribution >= 4 is 21.8 Å². The highest BCUT2D eigenvalue weighted by Crippen LogP contribution is 2.37. The molecule has 0 unspecified atom stereocenters. The van der Waals surface area contributed by atoms with E-state index in [0.29, 0.717) is 31.6 Å². The maximum Gasteiger partial charge on any atom is 0.348 e. The van der Waals surface area contributed by atoms with Gasteiger partial charge in [-0.25, -0.2) is 13.2 Å². The smallest absolute Gasteiger partial charge is 0.348 e. The second kappa shape index (κ2) is 8.54. The second-order valence-corrected chi connectivity index (χ2v) is 11.6. The van der Waals surface area contributed by atoms with Gasteiger partial charge in [-0.2, -0.15) is 0 Å². The average molecular weight is 452 g/mol. The van der Waals surface area contributed by atoms with Gasteiger partial charge in [0.25, 0.3) is 0 Å². The quantitative estimate of drug-likeness (QED) is 0.588. The molecule has 2 atom stereocenters. The Morgan fingerprint density at radius 3 is 2.39 bits per heavy atom. The van der Waals surface area contributed by atoms with E-state index in [0.717, 1.165) is 12.8 Å². The van der Waals surface area contributed by atoms with Gasteiger partial charge in [-0.3, -0.25) is 4.79 Å². The number of esters is 2. The van der Waals surface area contributed by atoms with Crippen molar-refractivity contribution in [1.29, 1.82) is 0 Å². The van der Waals surface area contributed by atoms with Crippen LogP contribution in [0.15, 0.2) is 29.2 Å². The van der Waals surface area contributed by atoms with E-state index in [9.17, 15) is 18.0 Å². The van der Waals surface area contributed by atoms with E-state index in [2.05, 4.69) is 0 Å². The summed E-state index contributed by atoms with van der Waals surface area (Å²) in [6, 6.07) is 6.00. The van der Waals surface area contributed by atoms with Gasteiger partial charge in [0.2, 0.25) is 6.10 Å². The lowest BCUT2D eigenvalue weighted by Gasteiger charge is -2.28. The molecule has 2 saturated heterocycles. The van der Waals surface area contributed by atoms with Crippen LogP contribution < -0.4 is 0 Å². The van der Waals surface area contributed by atoms with E-state index >= 15 is 0 Å². The molecule has 3 fully saturated rings. The van der Waals surface area contributed by atoms with Crippen LogP contribution in [0.3, 0.4) is 0 Å². The third-order valence-corrected chi connectivity index (χ3v) is 8.59. The first-order chi connectivity index (χ1) is 15.0. The number of rotatable bonds is 7. The number of cyclic esters (lactones) is 1. The second-order valence-electron chi connectivity index (χ2n) is 9.39. The van der Waals surface area contributed by atoms with Crippen LogP contribution in [-0.4, -0.2) is 51.5 Å². The van der Waals surface area contributed by atoms with Crippen molar-refractivity contribution in [3.05, 3.63) is 29.8 Å². The van der Waals surface area contributed by atoms with Crippen LogP contribution >= 0.6 is 0 Å². The Morgan fingerprint density at radius 2 is 1.84 bits per heavy atom. The molecule has 170 valence electrons. The number of hydrogen-bond acceptors (Lipinski definition) is 7. The standard InChI is InChI=1S/C23H30O7S/c1-23(2)14-29-22(25)20(23)30-21(24)19(13-15-9-11-28-12-10-15)16-3-5-17(6-4-16)31(26,27)18-7-8-18/h3-6,15,18-20H,7-14H2,1-2H3/t19-,20+/m1/s1/i19D. The third kappa shape index (κ3) is 4.80. The van der Waals surface area contributed by atoms with E-state index in [1.165, 1.54) is 24.3 Å². The Hall–Kier alpha value is -1.93. The van der Waals surface area contributed by atoms with E-state index < -0.39 is 39.2 Å². The molecule has 2 heterocycles. The molecule has 0 N–H and O–H groups in total. The van der Waals surface area contributed by atoms with Gasteiger partial charge in [-0.1, -0.05) is 26.0 Å². The van der Waals surface area contributed by atoms with E-state index in [1.54, 1.807) is 13.8 Å². The first-order valence-corrected chi connectivity index (χ1v) is 12.4. The van der Waals surface area contributed by atoms with Crippen molar-refractivity contribution < 1.29 is 33.6 Å². The number of sulfone groups is 1. The lowest BCUT2D eigenvalue weighted by Crippen LogP contribution is -2.37. The number of ether oxygens (including phenoxy) is 3. The highest BCUT2D eigenvalue weighted by atomic mass is 32.2. The topological polar surface area (TPSA) is 96.0 Å². The van der Waals surface area contributed by atoms with Crippen LogP contribution in [-0.2, 0) is 33.6 Å². The first-order valence-electron chi connectivity index (χ1n) is 11.3. The molecule has 3 aliphatic rings. The molecule has 31 heavy (non-hydrogen) atoms. The lowest BCUT2D eigenvalue weighted by atomic mass is 9.84. The Bertz CT molecular complexity index is 978. The maximum absolute atomic E-state index is 13.4. The summed E-state index contributed by atoms with van der Waals surface area (Å²) in [4.78, 5) is 25.7. The summed E-state index contributed by atoms with van der Waals surface area (Å²) >= 11 is 0. The number of hydrogen-bond donors (Lipinski definition) is 0. The van der Waals surface area contributed by atoms with Crippen LogP contribution in [0.4, 0.5) is 0 Å². The molecular formula is C23H30O7S. The lowest BCUT2D eigenvalue weighted by molar-refractivity contribution is -0.164. The molecule has 0 bridgehead atoms. The van der Waals surface area contributed by atoms with Gasteiger partial charge in [0.05, 0.1) is 16.0 Å². The normalized spacial score (nSPS) is 26.6. The summed E-state index contributed by atoms with van der Waals surface area (Å²) in [5, 5.41) is -0.336. The zero-order valence-electron chi connectivity index (χ0n) is 19.0. The van der Waals surface area contributed by atoms with Gasteiger partial charge in [0, 0.05) is 20.0 Å². The summed E-state index contributed by atoms with van der Waals surface area (Å²) in [6.07, 6.45) is 1.89. The molecular weight excluding hydrogens is 420 g/mol. The van der Waals surface area contributed by atoms with Crippen molar-refractivity contribution in [3.8, 4) is 0 Å². The van der Waals surface area contributed by atoms with Crippen molar-refractivity contribution in [2.45, 2.75) is 68.1 Å². The van der Waals surface area contributed by atoms with Gasteiger partial charge in [0.15, 0.2) is 9.84 Å². The number of carbonyl (C=O) groups is 2. The summed E-state index contributed by atoms with van der Waals surface area (Å²) in [6.45, 7) is 4.82. The minimum Gasteiger partial charge on any atom is -0.462 e. The van der Waals surface area contributed by atoms with Crippen molar-refractivity contribution in [2.75, 3.05) is 19.8 Å². The van der Waals surface area contributed by atoms with Gasteiger partial charge >= 0.3 is 11.9 Å². The Balaban J connectivity index is 1.62. The predicted octanol–water partition coefficient (Wildman–Crippen LogP) is 3.02. The van der Waals surface area contributed by atoms with E-state index in [1.807, 2.05) is 0 Å². The summed E-state index contributed by atoms with van der Waals surface area (Å²) in [5.41, 5.74) is -0.331. The zero-order valence-corrected chi connectivity index (χ0v) is 18.8. The van der Waals surface area contributed by atoms with Crippen molar-refractivity contribution in [2.24, 2.45) is 11.3 Å². The monoisotopic (exact) mass is 451 g/mol. The highest BCUT2D eigenvalue weighted by Gasteiger charge is 2.47. The molecule has 0 aromatic heterocycles. The number of benzene rings is 1. The molecule has 1 saturated carbocycles. The number of carbonyl (C=O) groups excluding carboxylic acids is 2. The first kappa shape index (κ1) is 20.9. The molecule has 4 rings (SSSR count). The molecule has 0 spiro atoms. The van der Waals surface area contributed by atoms with Crippen LogP contribution in [0.5, 0.6) is 0 Å². The Labute approximate surface area is 184 Å². The SMILES string of the molecule is [2H][C@](CC1CCOCC1)(C(=O)O[C@H]1C(=O)OCC1(C)C)c1ccc(S(=O)(=O)C2CC2)cc1. The molecule has 0 amide bonds. The average Bonchev–Trinajstić information content (AvgIpc) is 3.59. The molecule has 2 aliphatic heterocycles. The summed E-state index contributed by atoms with van der Waals surface area (Å²) in [5.74, 6) is -3.13. The van der Waals surface area contributed by atoms with Gasteiger partial charge in [-0.05, 0) is 55.7 Å². The van der Waals surface area contributed by atoms with Gasteiger partial charge in [-0.15, -0.1) is 0 Å². The van der Waals surface area contributed by atoms with Crippen molar-refractivity contribution in [1.82, 2.24) is 0 Å². The van der Waals surface area contributed by atoms with E-state index in [-0.39, 0.29) is 29.1 Å². The van der Waals surface area contributed by atoms with E-state index in [4.69, 9.17) is 15.6 Å². The van der Waals surface area contributed by atoms with Crippen LogP contribution in [0.25, 0.3) is 0 Å². The summed E-state index contributed by atoms with van der Waals surface area (Å²) < 4.78 is 50.3. The largest absolute Gasteiger partial charge is 0.462 e. The minimum atomic E-state index is -3.37. The van der Waals surface area contributed by atoms with Crippen LogP contribution in [0.1, 0.15) is 58.8 Å². The molecule has 1 aliphatic carbocycles. The van der Waals surface area contributed by atoms with Gasteiger partial charge < -0.3 is 14.2 Å². The van der Waals surface area contributed by atoms with Gasteiger partial charge in [0.1, 0.15) is 6.61 Å². The molecule has 8 heteroatoms. The molecule has 1 aromatic rings. The fraction of sp³-hybridized carbons (Fsp3) is 0.652. The maximum atomic E-state index is 13.4. The molecule has 0 radical (unpaired) electrons. The van der Waals surface area contributed by atoms with Crippen LogP contribution in [0.2, 0.25) is 0 Å².